The number of piperazine rings is 1. The Hall–Kier alpha value is -7.45. The molecule has 0 radical (unpaired) electrons. The molecule has 1 aromatic carbocycles. The normalized spacial score (nSPS) is 20.1. The maximum absolute atomic E-state index is 14.4. The van der Waals surface area contributed by atoms with Gasteiger partial charge in [0.1, 0.15) is 42.3 Å². The fourth-order valence-electron chi connectivity index (χ4n) is 9.24. The zero-order valence-corrected chi connectivity index (χ0v) is 42.6. The molecule has 404 valence electrons. The summed E-state index contributed by atoms with van der Waals surface area (Å²) in [6.07, 6.45) is 1.87. The molecule has 1 unspecified atom stereocenters. The summed E-state index contributed by atoms with van der Waals surface area (Å²) in [4.78, 5) is 157. The Labute approximate surface area is 431 Å². The highest BCUT2D eigenvalue weighted by Gasteiger charge is 2.49. The van der Waals surface area contributed by atoms with Crippen molar-refractivity contribution < 1.29 is 52.7 Å². The number of hydrogen-bond acceptors (Lipinski definition) is 13. The molecule has 16 N–H and O–H groups in total. The van der Waals surface area contributed by atoms with Crippen molar-refractivity contribution in [2.45, 2.75) is 133 Å². The van der Waals surface area contributed by atoms with Gasteiger partial charge in [0.15, 0.2) is 5.96 Å². The van der Waals surface area contributed by atoms with E-state index in [1.54, 1.807) is 6.20 Å². The summed E-state index contributed by atoms with van der Waals surface area (Å²) in [6.45, 7) is 4.76. The van der Waals surface area contributed by atoms with E-state index in [-0.39, 0.29) is 95.1 Å². The molecule has 2 aromatic rings. The van der Waals surface area contributed by atoms with E-state index in [1.807, 2.05) is 38.1 Å². The third kappa shape index (κ3) is 15.8. The van der Waals surface area contributed by atoms with Crippen LogP contribution in [0, 0.1) is 5.92 Å². The van der Waals surface area contributed by atoms with Gasteiger partial charge in [-0.25, -0.2) is 0 Å². The first-order chi connectivity index (χ1) is 35.0. The summed E-state index contributed by atoms with van der Waals surface area (Å²) < 4.78 is 0. The fraction of sp³-hybridized carbons (Fsp3) is 0.574. The molecular formula is C47H69N15O11S. The summed E-state index contributed by atoms with van der Waals surface area (Å²) in [5.74, 6) is -7.85. The molecule has 3 fully saturated rings. The number of H-pyrrole nitrogens is 1. The predicted molar refractivity (Wildman–Crippen MR) is 271 cm³/mol. The second-order valence-corrected chi connectivity index (χ2v) is 20.3. The number of nitrogens with two attached hydrogens (primary N) is 5. The number of para-hydroxylation sites is 1. The van der Waals surface area contributed by atoms with E-state index in [1.165, 1.54) is 33.4 Å². The van der Waals surface area contributed by atoms with E-state index in [9.17, 15) is 52.7 Å². The van der Waals surface area contributed by atoms with E-state index in [0.717, 1.165) is 16.5 Å². The van der Waals surface area contributed by atoms with E-state index in [4.69, 9.17) is 28.7 Å². The summed E-state index contributed by atoms with van der Waals surface area (Å²) in [5.41, 5.74) is 28.7. The zero-order chi connectivity index (χ0) is 54.4. The van der Waals surface area contributed by atoms with Crippen molar-refractivity contribution in [3.05, 3.63) is 36.0 Å². The molecule has 4 heterocycles. The average Bonchev–Trinajstić information content (AvgIpc) is 3.99. The molecule has 0 aliphatic carbocycles. The highest BCUT2D eigenvalue weighted by molar-refractivity contribution is 8.00. The molecule has 0 bridgehead atoms. The van der Waals surface area contributed by atoms with Gasteiger partial charge in [0, 0.05) is 62.1 Å². The van der Waals surface area contributed by atoms with Crippen molar-refractivity contribution in [2.75, 3.05) is 31.9 Å². The molecule has 0 spiro atoms. The van der Waals surface area contributed by atoms with E-state index in [0.29, 0.717) is 6.42 Å². The van der Waals surface area contributed by atoms with Gasteiger partial charge in [-0.3, -0.25) is 57.7 Å². The minimum atomic E-state index is -1.45. The molecule has 5 rings (SSSR count). The van der Waals surface area contributed by atoms with Crippen molar-refractivity contribution in [3.63, 3.8) is 0 Å². The highest BCUT2D eigenvalue weighted by atomic mass is 32.2. The largest absolute Gasteiger partial charge is 0.370 e. The van der Waals surface area contributed by atoms with Gasteiger partial charge in [-0.2, -0.15) is 0 Å². The van der Waals surface area contributed by atoms with E-state index in [2.05, 4.69) is 36.6 Å². The van der Waals surface area contributed by atoms with Crippen molar-refractivity contribution in [1.82, 2.24) is 46.3 Å². The second-order valence-electron chi connectivity index (χ2n) is 19.1. The van der Waals surface area contributed by atoms with Crippen LogP contribution in [0.1, 0.15) is 84.1 Å². The topological polar surface area (TPSA) is 416 Å². The van der Waals surface area contributed by atoms with Crippen LogP contribution in [0.5, 0.6) is 0 Å². The SMILES string of the molecule is CC(=O)N[C@@H](Cc1c[nH]c2ccccc12)C(=O)N[C@@H](CCCN=C(N)N)C(=O)N[C@@H](CCC(N)=O)C(=O)N[C@H]1CSC2CN(CC(=O)N3CCC[C@H]3C(=O)N[C@@H](CCC(N)=O)C(N)=O)C(=O)[C@H](CC(C)C)N2C1=O. The third-order valence-corrected chi connectivity index (χ3v) is 14.1. The number of nitrogens with zero attached hydrogens (tertiary/aromatic N) is 4. The number of amides is 11. The zero-order valence-electron chi connectivity index (χ0n) is 41.8. The van der Waals surface area contributed by atoms with Gasteiger partial charge < -0.3 is 74.9 Å². The van der Waals surface area contributed by atoms with Crippen LogP contribution in [0.4, 0.5) is 0 Å². The fourth-order valence-corrected chi connectivity index (χ4v) is 10.6. The highest BCUT2D eigenvalue weighted by Crippen LogP contribution is 2.34. The smallest absolute Gasteiger partial charge is 0.247 e. The molecule has 26 nitrogen and oxygen atoms in total. The predicted octanol–water partition coefficient (Wildman–Crippen LogP) is -3.63. The molecule has 1 aromatic heterocycles. The van der Waals surface area contributed by atoms with Gasteiger partial charge in [-0.1, -0.05) is 32.0 Å². The number of guanidine groups is 1. The Kier molecular flexibility index (Phi) is 20.6. The van der Waals surface area contributed by atoms with Crippen LogP contribution in [-0.4, -0.2) is 170 Å². The van der Waals surface area contributed by atoms with Crippen LogP contribution in [0.3, 0.4) is 0 Å². The number of rotatable bonds is 26. The molecule has 8 atom stereocenters. The first-order valence-electron chi connectivity index (χ1n) is 24.5. The van der Waals surface area contributed by atoms with Crippen LogP contribution in [0.2, 0.25) is 0 Å². The third-order valence-electron chi connectivity index (χ3n) is 12.9. The minimum absolute atomic E-state index is 0.0161. The van der Waals surface area contributed by atoms with Gasteiger partial charge in [0.05, 0.1) is 18.5 Å². The van der Waals surface area contributed by atoms with Gasteiger partial charge in [0.2, 0.25) is 65.0 Å². The number of carbonyl (C=O) groups is 11. The van der Waals surface area contributed by atoms with Crippen LogP contribution in [0.15, 0.2) is 35.5 Å². The molecular weight excluding hydrogens is 983 g/mol. The van der Waals surface area contributed by atoms with Crippen molar-refractivity contribution in [3.8, 4) is 0 Å². The molecule has 3 aliphatic rings. The van der Waals surface area contributed by atoms with Gasteiger partial charge >= 0.3 is 0 Å². The number of aromatic amines is 1. The number of aliphatic imine (C=N–C) groups is 1. The number of fused-ring (bicyclic) bond motifs is 2. The lowest BCUT2D eigenvalue weighted by Gasteiger charge is -2.49. The van der Waals surface area contributed by atoms with Crippen molar-refractivity contribution in [1.29, 1.82) is 0 Å². The van der Waals surface area contributed by atoms with Gasteiger partial charge in [-0.15, -0.1) is 11.8 Å². The van der Waals surface area contributed by atoms with Crippen LogP contribution in [-0.2, 0) is 59.2 Å². The lowest BCUT2D eigenvalue weighted by atomic mass is 9.98. The Morgan fingerprint density at radius 3 is 2.09 bits per heavy atom. The monoisotopic (exact) mass is 1050 g/mol. The maximum Gasteiger partial charge on any atom is 0.247 e. The summed E-state index contributed by atoms with van der Waals surface area (Å²) in [7, 11) is 0. The number of hydrogen-bond donors (Lipinski definition) is 11. The van der Waals surface area contributed by atoms with Crippen LogP contribution < -0.4 is 55.3 Å². The Morgan fingerprint density at radius 1 is 0.811 bits per heavy atom. The van der Waals surface area contributed by atoms with Crippen molar-refractivity contribution in [2.24, 2.45) is 39.6 Å². The molecule has 3 saturated heterocycles. The number of thioether (sulfide) groups is 1. The quantitative estimate of drug-likeness (QED) is 0.0246. The van der Waals surface area contributed by atoms with Crippen LogP contribution in [0.25, 0.3) is 10.9 Å². The summed E-state index contributed by atoms with van der Waals surface area (Å²) in [5, 5.41) is 13.4. The Balaban J connectivity index is 1.29. The maximum atomic E-state index is 14.4. The number of carbonyl (C=O) groups excluding carboxylic acids is 11. The molecule has 74 heavy (non-hydrogen) atoms. The van der Waals surface area contributed by atoms with E-state index >= 15 is 0 Å². The van der Waals surface area contributed by atoms with Crippen LogP contribution >= 0.6 is 11.8 Å². The van der Waals surface area contributed by atoms with Gasteiger partial charge in [-0.05, 0) is 62.5 Å². The van der Waals surface area contributed by atoms with Gasteiger partial charge in [0.25, 0.3) is 0 Å². The van der Waals surface area contributed by atoms with Crippen molar-refractivity contribution >= 4 is 93.6 Å². The summed E-state index contributed by atoms with van der Waals surface area (Å²) >= 11 is 1.26. The summed E-state index contributed by atoms with van der Waals surface area (Å²) in [6, 6.07) is -0.955. The Morgan fingerprint density at radius 2 is 1.46 bits per heavy atom. The average molecular weight is 1050 g/mol. The lowest BCUT2D eigenvalue weighted by molar-refractivity contribution is -0.158. The minimum Gasteiger partial charge on any atom is -0.370 e. The second kappa shape index (κ2) is 26.5. The number of aromatic nitrogens is 1. The van der Waals surface area contributed by atoms with E-state index < -0.39 is 119 Å². The number of likely N-dealkylation sites (tertiary alicyclic amines) is 1. The standard InChI is InChI=1S/C47H69N15O11S/c1-24(2)18-35-46(73)60(21-38(66)61-17-7-11-34(61)44(71)56-29(40(50)67)12-14-36(48)64)22-39-62(35)45(72)33(23-74-39)59-42(69)31(13-15-37(49)65)58-41(68)30(10-6-16-53-47(51)52)57-43(70)32(55-25(3)63)19-26-20-54-28-9-5-4-8-27(26)28/h4-5,8-9,20,24,29-35,39,54H,6-7,10-19,21-23H2,1-3H3,(H2,48,64)(H2,49,65)(H2,50,67)(H,55,63)(H,56,71)(H,57,70)(H,58,68)(H,59,69)(H4,51,52,53)/t29-,30-,31-,32-,33-,34-,35-,39?/m0/s1. The number of nitrogens with one attached hydrogen (secondary N) is 6. The molecule has 0 saturated carbocycles. The Bertz CT molecular complexity index is 2480. The first-order valence-corrected chi connectivity index (χ1v) is 25.6. The first kappa shape index (κ1) is 57.5. The molecule has 11 amide bonds. The lowest BCUT2D eigenvalue weighted by Crippen LogP contribution is -2.69. The number of primary amides is 3. The number of benzene rings is 1. The molecule has 3 aliphatic heterocycles. The molecule has 27 heteroatoms.